The highest BCUT2D eigenvalue weighted by molar-refractivity contribution is 5.85. The summed E-state index contributed by atoms with van der Waals surface area (Å²) in [6.07, 6.45) is 3.59. The maximum atomic E-state index is 12.5. The zero-order chi connectivity index (χ0) is 19.6. The number of rotatable bonds is 9. The van der Waals surface area contributed by atoms with E-state index in [0.717, 1.165) is 37.9 Å². The number of carbonyl (C=O) groups is 2. The standard InChI is InChI=1S/C20H30N2O5.ClH/c1-25-17-6-5-15(12-18(17)26-2)16(13-20(24)27-3)22-19(23)7-4-14-8-10-21-11-9-14;/h5-6,12,14,16,21H,4,7-11,13H2,1-3H3,(H,22,23);1H. The van der Waals surface area contributed by atoms with Crippen LogP contribution in [0.3, 0.4) is 0 Å². The molecule has 1 heterocycles. The van der Waals surface area contributed by atoms with E-state index >= 15 is 0 Å². The van der Waals surface area contributed by atoms with Gasteiger partial charge in [0.2, 0.25) is 5.91 Å². The van der Waals surface area contributed by atoms with Crippen molar-refractivity contribution in [2.45, 2.75) is 38.1 Å². The summed E-state index contributed by atoms with van der Waals surface area (Å²) in [5.74, 6) is 1.28. The highest BCUT2D eigenvalue weighted by atomic mass is 35.5. The quantitative estimate of drug-likeness (QED) is 0.604. The Hall–Kier alpha value is -1.99. The number of hydrogen-bond donors (Lipinski definition) is 2. The Balaban J connectivity index is 0.00000392. The molecule has 0 bridgehead atoms. The van der Waals surface area contributed by atoms with Crippen molar-refractivity contribution in [2.24, 2.45) is 5.92 Å². The summed E-state index contributed by atoms with van der Waals surface area (Å²) in [5, 5.41) is 6.31. The lowest BCUT2D eigenvalue weighted by molar-refractivity contribution is -0.141. The Morgan fingerprint density at radius 1 is 1.14 bits per heavy atom. The summed E-state index contributed by atoms with van der Waals surface area (Å²) in [4.78, 5) is 24.3. The van der Waals surface area contributed by atoms with Gasteiger partial charge in [-0.3, -0.25) is 9.59 Å². The van der Waals surface area contributed by atoms with Crippen LogP contribution < -0.4 is 20.1 Å². The monoisotopic (exact) mass is 414 g/mol. The molecule has 1 saturated heterocycles. The minimum absolute atomic E-state index is 0. The molecule has 8 heteroatoms. The van der Waals surface area contributed by atoms with Gasteiger partial charge in [0.15, 0.2) is 11.5 Å². The second-order valence-electron chi connectivity index (χ2n) is 6.75. The number of nitrogens with one attached hydrogen (secondary N) is 2. The molecular weight excluding hydrogens is 384 g/mol. The molecule has 1 aromatic carbocycles. The molecular formula is C20H31ClN2O5. The second kappa shape index (κ2) is 12.5. The molecule has 0 aromatic heterocycles. The molecule has 1 unspecified atom stereocenters. The summed E-state index contributed by atoms with van der Waals surface area (Å²) >= 11 is 0. The van der Waals surface area contributed by atoms with E-state index in [1.54, 1.807) is 26.4 Å². The lowest BCUT2D eigenvalue weighted by Crippen LogP contribution is -2.32. The van der Waals surface area contributed by atoms with Crippen LogP contribution >= 0.6 is 12.4 Å². The van der Waals surface area contributed by atoms with Crippen LogP contribution in [0.25, 0.3) is 0 Å². The average Bonchev–Trinajstić information content (AvgIpc) is 2.71. The van der Waals surface area contributed by atoms with Gasteiger partial charge in [-0.1, -0.05) is 6.07 Å². The van der Waals surface area contributed by atoms with Gasteiger partial charge in [0.25, 0.3) is 0 Å². The van der Waals surface area contributed by atoms with E-state index in [4.69, 9.17) is 14.2 Å². The zero-order valence-corrected chi connectivity index (χ0v) is 17.6. The Kier molecular flexibility index (Phi) is 10.7. The maximum Gasteiger partial charge on any atom is 0.307 e. The Bertz CT molecular complexity index is 635. The van der Waals surface area contributed by atoms with Crippen molar-refractivity contribution in [1.29, 1.82) is 0 Å². The summed E-state index contributed by atoms with van der Waals surface area (Å²) < 4.78 is 15.4. The van der Waals surface area contributed by atoms with Gasteiger partial charge in [-0.25, -0.2) is 0 Å². The molecule has 2 N–H and O–H groups in total. The number of benzene rings is 1. The van der Waals surface area contributed by atoms with Crippen molar-refractivity contribution in [3.05, 3.63) is 23.8 Å². The lowest BCUT2D eigenvalue weighted by Gasteiger charge is -2.23. The SMILES string of the molecule is COC(=O)CC(NC(=O)CCC1CCNCC1)c1ccc(OC)c(OC)c1.Cl. The molecule has 28 heavy (non-hydrogen) atoms. The first-order valence-corrected chi connectivity index (χ1v) is 9.36. The van der Waals surface area contributed by atoms with Crippen LogP contribution in [0.4, 0.5) is 0 Å². The first-order valence-electron chi connectivity index (χ1n) is 9.36. The molecule has 1 aliphatic heterocycles. The first kappa shape index (κ1) is 24.0. The van der Waals surface area contributed by atoms with Crippen LogP contribution in [0.15, 0.2) is 18.2 Å². The van der Waals surface area contributed by atoms with E-state index in [1.165, 1.54) is 7.11 Å². The zero-order valence-electron chi connectivity index (χ0n) is 16.8. The molecule has 1 atom stereocenters. The molecule has 7 nitrogen and oxygen atoms in total. The van der Waals surface area contributed by atoms with Crippen molar-refractivity contribution in [1.82, 2.24) is 10.6 Å². The Labute approximate surface area is 172 Å². The van der Waals surface area contributed by atoms with Crippen molar-refractivity contribution in [3.63, 3.8) is 0 Å². The molecule has 1 fully saturated rings. The molecule has 0 aliphatic carbocycles. The molecule has 1 amide bonds. The second-order valence-corrected chi connectivity index (χ2v) is 6.75. The summed E-state index contributed by atoms with van der Waals surface area (Å²) in [6, 6.07) is 4.89. The topological polar surface area (TPSA) is 85.9 Å². The van der Waals surface area contributed by atoms with Gasteiger partial charge < -0.3 is 24.8 Å². The minimum atomic E-state index is -0.474. The number of esters is 1. The third-order valence-corrected chi connectivity index (χ3v) is 4.98. The van der Waals surface area contributed by atoms with Crippen molar-refractivity contribution >= 4 is 24.3 Å². The van der Waals surface area contributed by atoms with E-state index in [-0.39, 0.29) is 30.7 Å². The normalized spacial score (nSPS) is 15.1. The maximum absolute atomic E-state index is 12.5. The third-order valence-electron chi connectivity index (χ3n) is 4.98. The Morgan fingerprint density at radius 3 is 2.43 bits per heavy atom. The van der Waals surface area contributed by atoms with Gasteiger partial charge in [-0.05, 0) is 56.0 Å². The van der Waals surface area contributed by atoms with Crippen LogP contribution in [0.2, 0.25) is 0 Å². The number of ether oxygens (including phenoxy) is 3. The van der Waals surface area contributed by atoms with Gasteiger partial charge in [0, 0.05) is 6.42 Å². The molecule has 1 aliphatic rings. The van der Waals surface area contributed by atoms with Gasteiger partial charge in [-0.15, -0.1) is 12.4 Å². The predicted molar refractivity (Wildman–Crippen MR) is 109 cm³/mol. The van der Waals surface area contributed by atoms with E-state index in [9.17, 15) is 9.59 Å². The number of halogens is 1. The first-order chi connectivity index (χ1) is 13.1. The van der Waals surface area contributed by atoms with Crippen molar-refractivity contribution in [3.8, 4) is 11.5 Å². The molecule has 0 saturated carbocycles. The molecule has 0 radical (unpaired) electrons. The summed E-state index contributed by atoms with van der Waals surface area (Å²) in [6.45, 7) is 2.03. The number of methoxy groups -OCH3 is 3. The lowest BCUT2D eigenvalue weighted by atomic mass is 9.93. The molecule has 0 spiro atoms. The van der Waals surface area contributed by atoms with Crippen LogP contribution in [-0.2, 0) is 14.3 Å². The van der Waals surface area contributed by atoms with Crippen LogP contribution in [0.5, 0.6) is 11.5 Å². The number of carbonyl (C=O) groups excluding carboxylic acids is 2. The molecule has 1 aromatic rings. The van der Waals surface area contributed by atoms with Gasteiger partial charge >= 0.3 is 5.97 Å². The number of piperidine rings is 1. The van der Waals surface area contributed by atoms with Crippen LogP contribution in [-0.4, -0.2) is 46.3 Å². The fourth-order valence-corrected chi connectivity index (χ4v) is 3.34. The van der Waals surface area contributed by atoms with Gasteiger partial charge in [0.1, 0.15) is 0 Å². The van der Waals surface area contributed by atoms with Crippen LogP contribution in [0.1, 0.15) is 43.7 Å². The highest BCUT2D eigenvalue weighted by Crippen LogP contribution is 2.31. The van der Waals surface area contributed by atoms with Crippen molar-refractivity contribution in [2.75, 3.05) is 34.4 Å². The van der Waals surface area contributed by atoms with E-state index in [0.29, 0.717) is 23.8 Å². The highest BCUT2D eigenvalue weighted by Gasteiger charge is 2.21. The minimum Gasteiger partial charge on any atom is -0.493 e. The predicted octanol–water partition coefficient (Wildman–Crippen LogP) is 2.63. The van der Waals surface area contributed by atoms with E-state index in [1.807, 2.05) is 6.07 Å². The van der Waals surface area contributed by atoms with Gasteiger partial charge in [0.05, 0.1) is 33.8 Å². The van der Waals surface area contributed by atoms with Crippen molar-refractivity contribution < 1.29 is 23.8 Å². The Morgan fingerprint density at radius 2 is 1.82 bits per heavy atom. The average molecular weight is 415 g/mol. The number of hydrogen-bond acceptors (Lipinski definition) is 6. The largest absolute Gasteiger partial charge is 0.493 e. The third kappa shape index (κ3) is 7.20. The fourth-order valence-electron chi connectivity index (χ4n) is 3.34. The van der Waals surface area contributed by atoms with E-state index in [2.05, 4.69) is 10.6 Å². The van der Waals surface area contributed by atoms with Gasteiger partial charge in [-0.2, -0.15) is 0 Å². The smallest absolute Gasteiger partial charge is 0.307 e. The molecule has 158 valence electrons. The summed E-state index contributed by atoms with van der Waals surface area (Å²) in [7, 11) is 4.45. The summed E-state index contributed by atoms with van der Waals surface area (Å²) in [5.41, 5.74) is 0.772. The number of amides is 1. The van der Waals surface area contributed by atoms with Crippen LogP contribution in [0, 0.1) is 5.92 Å². The fraction of sp³-hybridized carbons (Fsp3) is 0.600. The van der Waals surface area contributed by atoms with E-state index < -0.39 is 6.04 Å². The molecule has 2 rings (SSSR count).